The topological polar surface area (TPSA) is 72.8 Å². The van der Waals surface area contributed by atoms with Gasteiger partial charge in [-0.05, 0) is 20.8 Å². The van der Waals surface area contributed by atoms with Gasteiger partial charge in [-0.15, -0.1) is 0 Å². The predicted octanol–water partition coefficient (Wildman–Crippen LogP) is 1.34. The van der Waals surface area contributed by atoms with E-state index < -0.39 is 0 Å². The van der Waals surface area contributed by atoms with Crippen LogP contribution in [0.3, 0.4) is 0 Å². The Morgan fingerprint density at radius 2 is 2.44 bits per heavy atom. The molecular weight excluding hydrogens is 204 g/mol. The van der Waals surface area contributed by atoms with E-state index in [1.807, 2.05) is 13.8 Å². The van der Waals surface area contributed by atoms with Crippen molar-refractivity contribution in [2.75, 3.05) is 13.1 Å². The molecule has 16 heavy (non-hydrogen) atoms. The molecule has 1 aromatic heterocycles. The molecule has 1 heterocycles. The summed E-state index contributed by atoms with van der Waals surface area (Å²) >= 11 is 0. The van der Waals surface area contributed by atoms with Gasteiger partial charge >= 0.3 is 0 Å². The van der Waals surface area contributed by atoms with Gasteiger partial charge in [0.05, 0.1) is 23.7 Å². The van der Waals surface area contributed by atoms with Gasteiger partial charge in [0.15, 0.2) is 0 Å². The van der Waals surface area contributed by atoms with Crippen molar-refractivity contribution >= 4 is 5.91 Å². The molecule has 1 atom stereocenters. The van der Waals surface area contributed by atoms with Gasteiger partial charge < -0.3 is 4.90 Å². The molecule has 0 fully saturated rings. The second kappa shape index (κ2) is 5.31. The first-order chi connectivity index (χ1) is 7.60. The number of carbonyl (C=O) groups is 1. The lowest BCUT2D eigenvalue weighted by Gasteiger charge is -2.21. The average Bonchev–Trinajstić information content (AvgIpc) is 2.71. The molecule has 0 bridgehead atoms. The van der Waals surface area contributed by atoms with Crippen LogP contribution in [0.25, 0.3) is 0 Å². The Bertz CT molecular complexity index is 404. The molecule has 5 nitrogen and oxygen atoms in total. The number of nitriles is 1. The largest absolute Gasteiger partial charge is 0.338 e. The van der Waals surface area contributed by atoms with Crippen LogP contribution in [-0.2, 0) is 0 Å². The zero-order valence-corrected chi connectivity index (χ0v) is 9.82. The highest BCUT2D eigenvalue weighted by Crippen LogP contribution is 2.09. The maximum atomic E-state index is 12.1. The standard InChI is InChI=1S/C11H16N4O/c1-4-15(7-8(2)5-12)11(16)10-6-13-14-9(10)3/h6,8H,4,7H2,1-3H3,(H,13,14). The first kappa shape index (κ1) is 12.2. The zero-order valence-electron chi connectivity index (χ0n) is 9.82. The minimum atomic E-state index is -0.156. The monoisotopic (exact) mass is 220 g/mol. The number of hydrogen-bond donors (Lipinski definition) is 1. The molecule has 0 saturated heterocycles. The summed E-state index contributed by atoms with van der Waals surface area (Å²) in [5, 5.41) is 15.3. The summed E-state index contributed by atoms with van der Waals surface area (Å²) in [7, 11) is 0. The van der Waals surface area contributed by atoms with E-state index in [9.17, 15) is 4.79 Å². The van der Waals surface area contributed by atoms with Crippen LogP contribution in [0.15, 0.2) is 6.20 Å². The number of carbonyl (C=O) groups excluding carboxylic acids is 1. The van der Waals surface area contributed by atoms with Crippen LogP contribution >= 0.6 is 0 Å². The van der Waals surface area contributed by atoms with Crippen LogP contribution in [0.5, 0.6) is 0 Å². The van der Waals surface area contributed by atoms with Crippen LogP contribution in [0.1, 0.15) is 29.9 Å². The van der Waals surface area contributed by atoms with Crippen molar-refractivity contribution in [3.05, 3.63) is 17.5 Å². The van der Waals surface area contributed by atoms with Crippen LogP contribution in [0.4, 0.5) is 0 Å². The number of nitrogens with one attached hydrogen (secondary N) is 1. The number of nitrogens with zero attached hydrogens (tertiary/aromatic N) is 3. The van der Waals surface area contributed by atoms with E-state index in [0.29, 0.717) is 18.7 Å². The summed E-state index contributed by atoms with van der Waals surface area (Å²) in [5.74, 6) is -0.230. The van der Waals surface area contributed by atoms with Gasteiger partial charge in [0.1, 0.15) is 0 Å². The number of aromatic amines is 1. The Morgan fingerprint density at radius 1 is 1.75 bits per heavy atom. The third kappa shape index (κ3) is 2.60. The summed E-state index contributed by atoms with van der Waals surface area (Å²) in [4.78, 5) is 13.7. The molecular formula is C11H16N4O. The van der Waals surface area contributed by atoms with Crippen molar-refractivity contribution in [1.82, 2.24) is 15.1 Å². The van der Waals surface area contributed by atoms with Gasteiger partial charge in [0, 0.05) is 18.8 Å². The highest BCUT2D eigenvalue weighted by molar-refractivity contribution is 5.95. The molecule has 0 radical (unpaired) electrons. The molecule has 0 aromatic carbocycles. The van der Waals surface area contributed by atoms with E-state index in [1.165, 1.54) is 6.20 Å². The second-order valence-electron chi connectivity index (χ2n) is 3.78. The fourth-order valence-electron chi connectivity index (χ4n) is 1.46. The third-order valence-electron chi connectivity index (χ3n) is 2.44. The van der Waals surface area contributed by atoms with Gasteiger partial charge in [0.2, 0.25) is 0 Å². The highest BCUT2D eigenvalue weighted by atomic mass is 16.2. The number of aryl methyl sites for hydroxylation is 1. The van der Waals surface area contributed by atoms with Crippen molar-refractivity contribution in [3.63, 3.8) is 0 Å². The van der Waals surface area contributed by atoms with E-state index in [-0.39, 0.29) is 11.8 Å². The molecule has 1 aromatic rings. The molecule has 0 aliphatic carbocycles. The normalized spacial score (nSPS) is 11.9. The number of H-pyrrole nitrogens is 1. The maximum absolute atomic E-state index is 12.1. The van der Waals surface area contributed by atoms with E-state index >= 15 is 0 Å². The highest BCUT2D eigenvalue weighted by Gasteiger charge is 2.19. The number of amides is 1. The average molecular weight is 220 g/mol. The van der Waals surface area contributed by atoms with E-state index in [0.717, 1.165) is 5.69 Å². The Hall–Kier alpha value is -1.83. The van der Waals surface area contributed by atoms with Crippen molar-refractivity contribution in [2.24, 2.45) is 5.92 Å². The minimum Gasteiger partial charge on any atom is -0.338 e. The zero-order chi connectivity index (χ0) is 12.1. The minimum absolute atomic E-state index is 0.0733. The van der Waals surface area contributed by atoms with Crippen molar-refractivity contribution in [2.45, 2.75) is 20.8 Å². The summed E-state index contributed by atoms with van der Waals surface area (Å²) in [6.07, 6.45) is 1.53. The van der Waals surface area contributed by atoms with E-state index in [2.05, 4.69) is 16.3 Å². The van der Waals surface area contributed by atoms with Gasteiger partial charge in [-0.3, -0.25) is 9.89 Å². The SMILES string of the molecule is CCN(CC(C)C#N)C(=O)c1cn[nH]c1C. The maximum Gasteiger partial charge on any atom is 0.257 e. The van der Waals surface area contributed by atoms with Gasteiger partial charge in [-0.25, -0.2) is 0 Å². The Labute approximate surface area is 95.1 Å². The lowest BCUT2D eigenvalue weighted by molar-refractivity contribution is 0.0752. The lowest BCUT2D eigenvalue weighted by Crippen LogP contribution is -2.34. The molecule has 86 valence electrons. The second-order valence-corrected chi connectivity index (χ2v) is 3.78. The van der Waals surface area contributed by atoms with Crippen molar-refractivity contribution < 1.29 is 4.79 Å². The number of hydrogen-bond acceptors (Lipinski definition) is 3. The molecule has 5 heteroatoms. The first-order valence-corrected chi connectivity index (χ1v) is 5.29. The number of aromatic nitrogens is 2. The van der Waals surface area contributed by atoms with E-state index in [4.69, 9.17) is 5.26 Å². The summed E-state index contributed by atoms with van der Waals surface area (Å²) in [5.41, 5.74) is 1.33. The fourth-order valence-corrected chi connectivity index (χ4v) is 1.46. The van der Waals surface area contributed by atoms with Crippen LogP contribution in [-0.4, -0.2) is 34.1 Å². The van der Waals surface area contributed by atoms with Gasteiger partial charge in [-0.2, -0.15) is 10.4 Å². The smallest absolute Gasteiger partial charge is 0.257 e. The van der Waals surface area contributed by atoms with Gasteiger partial charge in [-0.1, -0.05) is 0 Å². The van der Waals surface area contributed by atoms with Gasteiger partial charge in [0.25, 0.3) is 5.91 Å². The van der Waals surface area contributed by atoms with E-state index in [1.54, 1.807) is 11.8 Å². The molecule has 1 rings (SSSR count). The first-order valence-electron chi connectivity index (χ1n) is 5.29. The van der Waals surface area contributed by atoms with Crippen molar-refractivity contribution in [1.29, 1.82) is 5.26 Å². The molecule has 0 saturated carbocycles. The Morgan fingerprint density at radius 3 is 2.88 bits per heavy atom. The quantitative estimate of drug-likeness (QED) is 0.832. The van der Waals surface area contributed by atoms with Crippen LogP contribution < -0.4 is 0 Å². The molecule has 0 spiro atoms. The van der Waals surface area contributed by atoms with Crippen molar-refractivity contribution in [3.8, 4) is 6.07 Å². The molecule has 0 aliphatic rings. The summed E-state index contributed by atoms with van der Waals surface area (Å²) in [6.45, 7) is 6.56. The number of rotatable bonds is 4. The Balaban J connectivity index is 2.79. The third-order valence-corrected chi connectivity index (χ3v) is 2.44. The molecule has 1 unspecified atom stereocenters. The predicted molar refractivity (Wildman–Crippen MR) is 59.7 cm³/mol. The summed E-state index contributed by atoms with van der Waals surface area (Å²) in [6, 6.07) is 2.13. The van der Waals surface area contributed by atoms with Crippen LogP contribution in [0, 0.1) is 24.2 Å². The summed E-state index contributed by atoms with van der Waals surface area (Å²) < 4.78 is 0. The molecule has 0 aliphatic heterocycles. The molecule has 1 amide bonds. The van der Waals surface area contributed by atoms with Crippen LogP contribution in [0.2, 0.25) is 0 Å². The molecule has 1 N–H and O–H groups in total. The Kier molecular flexibility index (Phi) is 4.06. The fraction of sp³-hybridized carbons (Fsp3) is 0.545. The lowest BCUT2D eigenvalue weighted by atomic mass is 10.1.